The van der Waals surface area contributed by atoms with E-state index in [0.29, 0.717) is 29.6 Å². The monoisotopic (exact) mass is 504 g/mol. The minimum absolute atomic E-state index is 0.132. The molecule has 0 unspecified atom stereocenters. The number of hydrogen-bond donors (Lipinski definition) is 5. The van der Waals surface area contributed by atoms with Crippen LogP contribution in [0.2, 0.25) is 0 Å². The number of ether oxygens (including phenoxy) is 1. The number of imide groups is 1. The van der Waals surface area contributed by atoms with Crippen molar-refractivity contribution in [2.45, 2.75) is 51.8 Å². The molecule has 37 heavy (non-hydrogen) atoms. The number of urea groups is 1. The van der Waals surface area contributed by atoms with Gasteiger partial charge in [-0.3, -0.25) is 10.1 Å². The fraction of sp³-hybridized carbons (Fsp3) is 0.320. The summed E-state index contributed by atoms with van der Waals surface area (Å²) in [6, 6.07) is 9.27. The Morgan fingerprint density at radius 2 is 1.95 bits per heavy atom. The van der Waals surface area contributed by atoms with Crippen LogP contribution < -0.4 is 26.6 Å². The zero-order valence-electron chi connectivity index (χ0n) is 20.7. The largest absolute Gasteiger partial charge is 0.444 e. The molecule has 0 radical (unpaired) electrons. The molecule has 5 N–H and O–H groups in total. The number of rotatable bonds is 7. The van der Waals surface area contributed by atoms with Crippen LogP contribution in [0.3, 0.4) is 0 Å². The Balaban J connectivity index is 1.35. The summed E-state index contributed by atoms with van der Waals surface area (Å²) in [5.74, 6) is 0.837. The zero-order valence-corrected chi connectivity index (χ0v) is 20.7. The van der Waals surface area contributed by atoms with Crippen molar-refractivity contribution in [2.24, 2.45) is 0 Å². The molecule has 1 saturated heterocycles. The smallest absolute Gasteiger partial charge is 0.407 e. The summed E-state index contributed by atoms with van der Waals surface area (Å²) < 4.78 is 6.94. The summed E-state index contributed by atoms with van der Waals surface area (Å²) in [6.45, 7) is 5.79. The van der Waals surface area contributed by atoms with Crippen molar-refractivity contribution >= 4 is 47.1 Å². The van der Waals surface area contributed by atoms with Crippen LogP contribution in [0.5, 0.6) is 0 Å². The third kappa shape index (κ3) is 5.97. The van der Waals surface area contributed by atoms with Gasteiger partial charge >= 0.3 is 12.1 Å². The predicted octanol–water partition coefficient (Wildman–Crippen LogP) is 3.25. The van der Waals surface area contributed by atoms with E-state index in [9.17, 15) is 14.4 Å². The van der Waals surface area contributed by atoms with Crippen molar-refractivity contribution in [1.29, 1.82) is 0 Å². The number of nitrogens with zero attached hydrogens (tertiary/aromatic N) is 3. The van der Waals surface area contributed by atoms with Crippen LogP contribution in [-0.2, 0) is 16.1 Å². The molecular formula is C25H28N8O4. The van der Waals surface area contributed by atoms with E-state index < -0.39 is 23.6 Å². The highest BCUT2D eigenvalue weighted by molar-refractivity contribution is 6.14. The minimum Gasteiger partial charge on any atom is -0.444 e. The Morgan fingerprint density at radius 3 is 2.59 bits per heavy atom. The number of alkyl carbamates (subject to hydrolysis) is 1. The van der Waals surface area contributed by atoms with E-state index in [1.807, 2.05) is 51.1 Å². The molecule has 1 aliphatic heterocycles. The summed E-state index contributed by atoms with van der Waals surface area (Å²) >= 11 is 0. The number of fused-ring (bicyclic) bond motifs is 1. The zero-order chi connectivity index (χ0) is 26.2. The molecule has 0 spiro atoms. The first kappa shape index (κ1) is 24.1. The van der Waals surface area contributed by atoms with Gasteiger partial charge in [-0.2, -0.15) is 9.61 Å². The second-order valence-electron chi connectivity index (χ2n) is 9.92. The summed E-state index contributed by atoms with van der Waals surface area (Å²) in [5.41, 5.74) is 2.40. The first-order valence-electron chi connectivity index (χ1n) is 12.0. The molecule has 2 aliphatic rings. The Labute approximate surface area is 212 Å². The Morgan fingerprint density at radius 1 is 1.19 bits per heavy atom. The maximum Gasteiger partial charge on any atom is 0.407 e. The molecule has 5 rings (SSSR count). The lowest BCUT2D eigenvalue weighted by molar-refractivity contribution is -0.115. The molecule has 4 amide bonds. The molecule has 2 aromatic heterocycles. The second kappa shape index (κ2) is 9.45. The van der Waals surface area contributed by atoms with Crippen LogP contribution in [0.25, 0.3) is 11.7 Å². The molecule has 0 bridgehead atoms. The lowest BCUT2D eigenvalue weighted by atomic mass is 10.2. The molecule has 0 atom stereocenters. The van der Waals surface area contributed by atoms with Crippen LogP contribution in [0, 0.1) is 0 Å². The van der Waals surface area contributed by atoms with Gasteiger partial charge in [0.15, 0.2) is 5.65 Å². The van der Waals surface area contributed by atoms with E-state index >= 15 is 0 Å². The summed E-state index contributed by atoms with van der Waals surface area (Å²) in [4.78, 5) is 40.1. The van der Waals surface area contributed by atoms with E-state index in [1.54, 1.807) is 16.8 Å². The van der Waals surface area contributed by atoms with Gasteiger partial charge in [0, 0.05) is 29.9 Å². The lowest BCUT2D eigenvalue weighted by Gasteiger charge is -2.19. The van der Waals surface area contributed by atoms with E-state index in [0.717, 1.165) is 29.9 Å². The number of anilines is 3. The molecule has 1 aliphatic carbocycles. The normalized spacial score (nSPS) is 16.5. The predicted molar refractivity (Wildman–Crippen MR) is 137 cm³/mol. The number of benzene rings is 1. The Hall–Kier alpha value is -4.61. The van der Waals surface area contributed by atoms with Crippen molar-refractivity contribution in [3.63, 3.8) is 0 Å². The first-order chi connectivity index (χ1) is 17.6. The van der Waals surface area contributed by atoms with E-state index in [2.05, 4.69) is 31.7 Å². The standard InChI is InChI=1S/C25H28N8O4/c1-25(2,3)37-24(36)26-12-14-4-6-16(7-5-14)28-19-11-20(29-17-8-9-17)33-21(31-19)15(13-27-33)10-18-22(34)32-23(35)30-18/h4-7,10-11,13,17,29H,8-9,12H2,1-3H3,(H,26,36)(H,28,31)(H2,30,32,34,35)/b18-10-. The van der Waals surface area contributed by atoms with Gasteiger partial charge in [-0.05, 0) is 57.4 Å². The van der Waals surface area contributed by atoms with Crippen LogP contribution in [0.1, 0.15) is 44.7 Å². The van der Waals surface area contributed by atoms with Gasteiger partial charge in [0.2, 0.25) is 0 Å². The second-order valence-corrected chi connectivity index (χ2v) is 9.92. The number of carbonyl (C=O) groups is 3. The third-order valence-electron chi connectivity index (χ3n) is 5.51. The summed E-state index contributed by atoms with van der Waals surface area (Å²) in [5, 5.41) is 18.6. The van der Waals surface area contributed by atoms with Crippen molar-refractivity contribution in [1.82, 2.24) is 30.5 Å². The van der Waals surface area contributed by atoms with Crippen molar-refractivity contribution in [3.05, 3.63) is 53.4 Å². The van der Waals surface area contributed by atoms with E-state index in [1.165, 1.54) is 0 Å². The Bertz CT molecular complexity index is 1400. The van der Waals surface area contributed by atoms with Crippen molar-refractivity contribution in [3.8, 4) is 0 Å². The average molecular weight is 505 g/mol. The fourth-order valence-corrected chi connectivity index (χ4v) is 3.67. The van der Waals surface area contributed by atoms with Crippen molar-refractivity contribution in [2.75, 3.05) is 10.6 Å². The summed E-state index contributed by atoms with van der Waals surface area (Å²) in [6.07, 6.45) is 4.84. The number of hydrogen-bond acceptors (Lipinski definition) is 8. The third-order valence-corrected chi connectivity index (χ3v) is 5.51. The molecule has 192 valence electrons. The van der Waals surface area contributed by atoms with E-state index in [4.69, 9.17) is 9.72 Å². The maximum atomic E-state index is 12.0. The van der Waals surface area contributed by atoms with Crippen molar-refractivity contribution < 1.29 is 19.1 Å². The van der Waals surface area contributed by atoms with Gasteiger partial charge in [-0.15, -0.1) is 0 Å². The van der Waals surface area contributed by atoms with Gasteiger partial charge in [0.05, 0.1) is 6.20 Å². The lowest BCUT2D eigenvalue weighted by Crippen LogP contribution is -2.32. The minimum atomic E-state index is -0.566. The van der Waals surface area contributed by atoms with Gasteiger partial charge in [-0.1, -0.05) is 12.1 Å². The van der Waals surface area contributed by atoms with E-state index in [-0.39, 0.29) is 5.70 Å². The number of amides is 4. The molecule has 1 saturated carbocycles. The van der Waals surface area contributed by atoms with Gasteiger partial charge < -0.3 is 26.0 Å². The average Bonchev–Trinajstić information content (AvgIpc) is 3.46. The molecular weight excluding hydrogens is 476 g/mol. The van der Waals surface area contributed by atoms with Gasteiger partial charge in [0.25, 0.3) is 5.91 Å². The van der Waals surface area contributed by atoms with Gasteiger partial charge in [-0.25, -0.2) is 14.6 Å². The molecule has 12 nitrogen and oxygen atoms in total. The Kier molecular flexibility index (Phi) is 6.15. The topological polar surface area (TPSA) is 151 Å². The first-order valence-corrected chi connectivity index (χ1v) is 12.0. The highest BCUT2D eigenvalue weighted by atomic mass is 16.6. The number of aromatic nitrogens is 3. The molecule has 1 aromatic carbocycles. The molecule has 3 heterocycles. The number of nitrogens with one attached hydrogen (secondary N) is 5. The highest BCUT2D eigenvalue weighted by Gasteiger charge is 2.25. The summed E-state index contributed by atoms with van der Waals surface area (Å²) in [7, 11) is 0. The molecule has 3 aromatic rings. The molecule has 2 fully saturated rings. The van der Waals surface area contributed by atoms with Crippen LogP contribution in [0.15, 0.2) is 42.2 Å². The molecule has 12 heteroatoms. The van der Waals surface area contributed by atoms with Crippen LogP contribution in [0.4, 0.5) is 26.9 Å². The quantitative estimate of drug-likeness (QED) is 0.243. The van der Waals surface area contributed by atoms with Crippen LogP contribution in [-0.4, -0.2) is 44.3 Å². The highest BCUT2D eigenvalue weighted by Crippen LogP contribution is 2.28. The number of carbonyl (C=O) groups excluding carboxylic acids is 3. The fourth-order valence-electron chi connectivity index (χ4n) is 3.67. The maximum absolute atomic E-state index is 12.0. The van der Waals surface area contributed by atoms with Gasteiger partial charge in [0.1, 0.15) is 22.9 Å². The van der Waals surface area contributed by atoms with Crippen LogP contribution >= 0.6 is 0 Å². The SMILES string of the molecule is CC(C)(C)OC(=O)NCc1ccc(Nc2cc(NC3CC3)n3ncc(/C=C4\NC(=O)NC4=O)c3n2)cc1.